The molecule has 2 aromatic rings. The predicted octanol–water partition coefficient (Wildman–Crippen LogP) is 2.61. The zero-order chi connectivity index (χ0) is 14.1. The van der Waals surface area contributed by atoms with Crippen molar-refractivity contribution in [3.8, 4) is 0 Å². The number of hydrogen-bond donors (Lipinski definition) is 2. The summed E-state index contributed by atoms with van der Waals surface area (Å²) in [5.41, 5.74) is 1.29. The Morgan fingerprint density at radius 2 is 2.35 bits per heavy atom. The number of nitrogens with zero attached hydrogens (tertiary/aromatic N) is 1. The molecule has 1 unspecified atom stereocenters. The lowest BCUT2D eigenvalue weighted by Gasteiger charge is -2.17. The van der Waals surface area contributed by atoms with Gasteiger partial charge in [0.15, 0.2) is 0 Å². The highest BCUT2D eigenvalue weighted by Gasteiger charge is 2.22. The fourth-order valence-electron chi connectivity index (χ4n) is 2.86. The molecule has 2 aromatic heterocycles. The van der Waals surface area contributed by atoms with Gasteiger partial charge in [0.25, 0.3) is 5.56 Å². The van der Waals surface area contributed by atoms with Crippen molar-refractivity contribution in [1.29, 1.82) is 0 Å². The summed E-state index contributed by atoms with van der Waals surface area (Å²) in [5, 5.41) is 4.13. The normalized spacial score (nSPS) is 18.4. The van der Waals surface area contributed by atoms with Crippen LogP contribution in [0.15, 0.2) is 4.79 Å². The molecule has 0 bridgehead atoms. The van der Waals surface area contributed by atoms with Crippen molar-refractivity contribution >= 4 is 21.6 Å². The largest absolute Gasteiger partial charge is 0.310 e. The molecule has 1 atom stereocenters. The van der Waals surface area contributed by atoms with Gasteiger partial charge in [-0.25, -0.2) is 4.98 Å². The average Bonchev–Trinajstić information content (AvgIpc) is 2.76. The highest BCUT2D eigenvalue weighted by molar-refractivity contribution is 7.18. The fraction of sp³-hybridized carbons (Fsp3) is 0.600. The molecule has 5 heteroatoms. The summed E-state index contributed by atoms with van der Waals surface area (Å²) >= 11 is 1.71. The van der Waals surface area contributed by atoms with E-state index in [1.807, 2.05) is 0 Å². The second-order valence-corrected chi connectivity index (χ2v) is 6.80. The number of aromatic nitrogens is 2. The maximum Gasteiger partial charge on any atom is 0.259 e. The van der Waals surface area contributed by atoms with Crippen LogP contribution in [0.3, 0.4) is 0 Å². The topological polar surface area (TPSA) is 57.8 Å². The van der Waals surface area contributed by atoms with Gasteiger partial charge in [-0.05, 0) is 43.7 Å². The lowest BCUT2D eigenvalue weighted by Crippen LogP contribution is -2.20. The minimum atomic E-state index is 0.0374. The highest BCUT2D eigenvalue weighted by Crippen LogP contribution is 2.35. The molecule has 0 fully saturated rings. The summed E-state index contributed by atoms with van der Waals surface area (Å²) in [6.45, 7) is 5.99. The number of hydrogen-bond acceptors (Lipinski definition) is 4. The Hall–Kier alpha value is -1.20. The average molecular weight is 291 g/mol. The van der Waals surface area contributed by atoms with Crippen LogP contribution in [0.4, 0.5) is 0 Å². The molecular weight excluding hydrogens is 270 g/mol. The first-order chi connectivity index (χ1) is 9.69. The molecule has 1 aliphatic rings. The van der Waals surface area contributed by atoms with Gasteiger partial charge in [-0.2, -0.15) is 0 Å². The lowest BCUT2D eigenvalue weighted by atomic mass is 9.89. The van der Waals surface area contributed by atoms with Crippen LogP contribution in [0.1, 0.15) is 43.0 Å². The summed E-state index contributed by atoms with van der Waals surface area (Å²) in [4.78, 5) is 22.2. The molecule has 0 saturated carbocycles. The Balaban J connectivity index is 1.98. The van der Waals surface area contributed by atoms with E-state index in [2.05, 4.69) is 29.1 Å². The van der Waals surface area contributed by atoms with E-state index in [9.17, 15) is 4.79 Å². The number of fused-ring (bicyclic) bond motifs is 3. The zero-order valence-electron chi connectivity index (χ0n) is 12.1. The van der Waals surface area contributed by atoms with E-state index in [0.29, 0.717) is 6.54 Å². The highest BCUT2D eigenvalue weighted by atomic mass is 32.1. The van der Waals surface area contributed by atoms with Crippen molar-refractivity contribution in [3.63, 3.8) is 0 Å². The third kappa shape index (κ3) is 2.52. The third-order valence-corrected chi connectivity index (χ3v) is 5.08. The van der Waals surface area contributed by atoms with Crippen molar-refractivity contribution in [1.82, 2.24) is 15.3 Å². The summed E-state index contributed by atoms with van der Waals surface area (Å²) in [5.74, 6) is 1.47. The van der Waals surface area contributed by atoms with E-state index in [4.69, 9.17) is 0 Å². The van der Waals surface area contributed by atoms with Crippen LogP contribution in [-0.4, -0.2) is 16.5 Å². The Morgan fingerprint density at radius 1 is 1.50 bits per heavy atom. The Kier molecular flexibility index (Phi) is 3.89. The molecule has 108 valence electrons. The van der Waals surface area contributed by atoms with Gasteiger partial charge < -0.3 is 10.3 Å². The lowest BCUT2D eigenvalue weighted by molar-refractivity contribution is 0.509. The second kappa shape index (κ2) is 5.66. The summed E-state index contributed by atoms with van der Waals surface area (Å²) in [6, 6.07) is 0. The minimum Gasteiger partial charge on any atom is -0.310 e. The quantitative estimate of drug-likeness (QED) is 0.851. The zero-order valence-corrected chi connectivity index (χ0v) is 12.9. The molecule has 0 saturated heterocycles. The number of rotatable bonds is 4. The van der Waals surface area contributed by atoms with E-state index in [-0.39, 0.29) is 5.56 Å². The van der Waals surface area contributed by atoms with Crippen molar-refractivity contribution in [3.05, 3.63) is 26.6 Å². The van der Waals surface area contributed by atoms with Gasteiger partial charge in [-0.1, -0.05) is 13.8 Å². The Labute approximate surface area is 122 Å². The molecular formula is C15H21N3OS. The molecule has 0 aliphatic heterocycles. The van der Waals surface area contributed by atoms with E-state index >= 15 is 0 Å². The Bertz CT molecular complexity index is 674. The summed E-state index contributed by atoms with van der Waals surface area (Å²) < 4.78 is 0. The van der Waals surface area contributed by atoms with Crippen LogP contribution in [0.2, 0.25) is 0 Å². The van der Waals surface area contributed by atoms with Gasteiger partial charge in [0.2, 0.25) is 0 Å². The summed E-state index contributed by atoms with van der Waals surface area (Å²) in [6.07, 6.45) is 4.38. The van der Waals surface area contributed by atoms with Gasteiger partial charge in [-0.3, -0.25) is 4.79 Å². The molecule has 0 spiro atoms. The van der Waals surface area contributed by atoms with Crippen LogP contribution in [-0.2, 0) is 19.4 Å². The van der Waals surface area contributed by atoms with Crippen LogP contribution in [0.5, 0.6) is 0 Å². The van der Waals surface area contributed by atoms with Gasteiger partial charge >= 0.3 is 0 Å². The van der Waals surface area contributed by atoms with Crippen molar-refractivity contribution in [2.45, 2.75) is 46.1 Å². The number of H-pyrrole nitrogens is 1. The third-order valence-electron chi connectivity index (χ3n) is 3.93. The molecule has 20 heavy (non-hydrogen) atoms. The van der Waals surface area contributed by atoms with Crippen LogP contribution < -0.4 is 10.9 Å². The minimum absolute atomic E-state index is 0.0374. The first-order valence-corrected chi connectivity index (χ1v) is 8.24. The van der Waals surface area contributed by atoms with Gasteiger partial charge in [0.1, 0.15) is 10.7 Å². The molecule has 4 nitrogen and oxygen atoms in total. The molecule has 0 radical (unpaired) electrons. The molecule has 0 aromatic carbocycles. The van der Waals surface area contributed by atoms with Crippen molar-refractivity contribution < 1.29 is 0 Å². The molecule has 3 rings (SSSR count). The van der Waals surface area contributed by atoms with Crippen LogP contribution in [0.25, 0.3) is 10.2 Å². The first-order valence-electron chi connectivity index (χ1n) is 7.43. The molecule has 2 N–H and O–H groups in total. The monoisotopic (exact) mass is 291 g/mol. The van der Waals surface area contributed by atoms with Gasteiger partial charge in [-0.15, -0.1) is 11.3 Å². The standard InChI is InChI=1S/C15H21N3OS/c1-3-6-16-8-12-17-14(19)13-10-5-4-9(2)7-11(10)20-15(13)18-12/h9,16H,3-8H2,1-2H3,(H,17,18,19). The van der Waals surface area contributed by atoms with Crippen LogP contribution >= 0.6 is 11.3 Å². The first kappa shape index (κ1) is 13.8. The van der Waals surface area contributed by atoms with E-state index in [1.54, 1.807) is 11.3 Å². The van der Waals surface area contributed by atoms with Gasteiger partial charge in [0, 0.05) is 4.88 Å². The van der Waals surface area contributed by atoms with E-state index in [1.165, 1.54) is 16.9 Å². The summed E-state index contributed by atoms with van der Waals surface area (Å²) in [7, 11) is 0. The molecule has 1 aliphatic carbocycles. The predicted molar refractivity (Wildman–Crippen MR) is 83.4 cm³/mol. The molecule has 2 heterocycles. The maximum absolute atomic E-state index is 12.3. The van der Waals surface area contributed by atoms with Crippen molar-refractivity contribution in [2.75, 3.05) is 6.54 Å². The van der Waals surface area contributed by atoms with Crippen LogP contribution in [0, 0.1) is 5.92 Å². The fourth-order valence-corrected chi connectivity index (χ4v) is 4.26. The number of aromatic amines is 1. The number of aryl methyl sites for hydroxylation is 1. The molecule has 0 amide bonds. The maximum atomic E-state index is 12.3. The second-order valence-electron chi connectivity index (χ2n) is 5.72. The number of nitrogens with one attached hydrogen (secondary N) is 2. The SMILES string of the molecule is CCCNCc1nc2sc3c(c2c(=O)[nH]1)CCC(C)C3. The van der Waals surface area contributed by atoms with Gasteiger partial charge in [0.05, 0.1) is 11.9 Å². The van der Waals surface area contributed by atoms with E-state index in [0.717, 1.165) is 47.8 Å². The van der Waals surface area contributed by atoms with E-state index < -0.39 is 0 Å². The van der Waals surface area contributed by atoms with Crippen molar-refractivity contribution in [2.24, 2.45) is 5.92 Å². The Morgan fingerprint density at radius 3 is 3.15 bits per heavy atom. The number of thiophene rings is 1. The smallest absolute Gasteiger partial charge is 0.259 e.